The number of nitrogens with zero attached hydrogens (tertiary/aromatic N) is 2. The van der Waals surface area contributed by atoms with Crippen molar-refractivity contribution in [1.29, 1.82) is 0 Å². The minimum absolute atomic E-state index is 0.202. The number of hydrogen-bond acceptors (Lipinski definition) is 5. The summed E-state index contributed by atoms with van der Waals surface area (Å²) in [5, 5.41) is 3.16. The molecule has 1 aliphatic rings. The van der Waals surface area contributed by atoms with Crippen molar-refractivity contribution >= 4 is 33.2 Å². The maximum atomic E-state index is 13.0. The number of carbonyl (C=O) groups excluding carboxylic acids is 1. The van der Waals surface area contributed by atoms with Gasteiger partial charge in [0.15, 0.2) is 6.10 Å². The molecule has 1 atom stereocenters. The number of hydrogen-bond donors (Lipinski definition) is 1. The molecule has 0 aliphatic carbocycles. The molecular formula is C20H24ClN3O4S. The molecule has 0 unspecified atom stereocenters. The van der Waals surface area contributed by atoms with Crippen molar-refractivity contribution in [2.24, 2.45) is 0 Å². The van der Waals surface area contributed by atoms with Gasteiger partial charge >= 0.3 is 0 Å². The molecule has 3 rings (SSSR count). The number of anilines is 1. The highest BCUT2D eigenvalue weighted by molar-refractivity contribution is 7.89. The van der Waals surface area contributed by atoms with E-state index in [4.69, 9.17) is 16.3 Å². The van der Waals surface area contributed by atoms with Crippen LogP contribution in [0.5, 0.6) is 5.75 Å². The summed E-state index contributed by atoms with van der Waals surface area (Å²) in [6, 6.07) is 13.7. The van der Waals surface area contributed by atoms with Crippen molar-refractivity contribution < 1.29 is 17.9 Å². The van der Waals surface area contributed by atoms with E-state index in [1.165, 1.54) is 23.5 Å². The number of likely N-dealkylation sites (N-methyl/N-ethyl adjacent to an activating group) is 1. The van der Waals surface area contributed by atoms with Gasteiger partial charge in [-0.3, -0.25) is 4.79 Å². The van der Waals surface area contributed by atoms with Crippen LogP contribution >= 0.6 is 11.6 Å². The molecule has 1 aliphatic heterocycles. The van der Waals surface area contributed by atoms with Gasteiger partial charge in [-0.15, -0.1) is 0 Å². The molecule has 7 nitrogen and oxygen atoms in total. The molecule has 2 aromatic carbocycles. The second-order valence-electron chi connectivity index (χ2n) is 6.72. The number of ether oxygens (including phenoxy) is 1. The third-order valence-corrected chi connectivity index (χ3v) is 6.95. The molecule has 1 N–H and O–H groups in total. The number of nitrogens with one attached hydrogen (secondary N) is 1. The van der Waals surface area contributed by atoms with Crippen LogP contribution in [0.15, 0.2) is 53.4 Å². The summed E-state index contributed by atoms with van der Waals surface area (Å²) in [4.78, 5) is 13.9. The Morgan fingerprint density at radius 3 is 2.34 bits per heavy atom. The molecule has 1 saturated heterocycles. The van der Waals surface area contributed by atoms with Crippen LogP contribution in [0.25, 0.3) is 0 Å². The monoisotopic (exact) mass is 437 g/mol. The Hall–Kier alpha value is -2.29. The molecule has 1 fully saturated rings. The molecule has 0 spiro atoms. The highest BCUT2D eigenvalue weighted by Crippen LogP contribution is 2.24. The lowest BCUT2D eigenvalue weighted by molar-refractivity contribution is -0.126. The summed E-state index contributed by atoms with van der Waals surface area (Å²) in [5.74, 6) is 0.185. The van der Waals surface area contributed by atoms with Gasteiger partial charge in [-0.2, -0.15) is 4.31 Å². The molecule has 0 aromatic heterocycles. The molecule has 0 radical (unpaired) electrons. The molecule has 29 heavy (non-hydrogen) atoms. The highest BCUT2D eigenvalue weighted by atomic mass is 35.5. The van der Waals surface area contributed by atoms with Crippen molar-refractivity contribution in [3.63, 3.8) is 0 Å². The first-order valence-electron chi connectivity index (χ1n) is 9.30. The lowest BCUT2D eigenvalue weighted by Crippen LogP contribution is -2.48. The Kier molecular flexibility index (Phi) is 6.66. The number of carbonyl (C=O) groups is 1. The second kappa shape index (κ2) is 9.02. The van der Waals surface area contributed by atoms with E-state index in [1.807, 2.05) is 24.3 Å². The van der Waals surface area contributed by atoms with Crippen LogP contribution in [0.1, 0.15) is 6.92 Å². The molecule has 1 heterocycles. The largest absolute Gasteiger partial charge is 0.481 e. The van der Waals surface area contributed by atoms with Gasteiger partial charge in [0.2, 0.25) is 10.0 Å². The average Bonchev–Trinajstić information content (AvgIpc) is 2.73. The minimum Gasteiger partial charge on any atom is -0.481 e. The van der Waals surface area contributed by atoms with Crippen LogP contribution in [0, 0.1) is 0 Å². The summed E-state index contributed by atoms with van der Waals surface area (Å²) in [7, 11) is -2.06. The van der Waals surface area contributed by atoms with Gasteiger partial charge in [0.25, 0.3) is 5.91 Å². The molecule has 9 heteroatoms. The predicted molar refractivity (Wildman–Crippen MR) is 113 cm³/mol. The zero-order chi connectivity index (χ0) is 21.0. The van der Waals surface area contributed by atoms with Crippen molar-refractivity contribution in [1.82, 2.24) is 9.62 Å². The van der Waals surface area contributed by atoms with E-state index in [0.29, 0.717) is 37.0 Å². The Morgan fingerprint density at radius 2 is 1.76 bits per heavy atom. The molecule has 0 saturated carbocycles. The smallest absolute Gasteiger partial charge is 0.260 e. The fourth-order valence-electron chi connectivity index (χ4n) is 3.16. The summed E-state index contributed by atoms with van der Waals surface area (Å²) in [5.41, 5.74) is 0.987. The quantitative estimate of drug-likeness (QED) is 0.750. The highest BCUT2D eigenvalue weighted by Gasteiger charge is 2.28. The van der Waals surface area contributed by atoms with E-state index >= 15 is 0 Å². The number of sulfonamides is 1. The topological polar surface area (TPSA) is 78.9 Å². The molecule has 1 amide bonds. The summed E-state index contributed by atoms with van der Waals surface area (Å²) in [6.07, 6.45) is -0.665. The zero-order valence-corrected chi connectivity index (χ0v) is 17.9. The maximum absolute atomic E-state index is 13.0. The minimum atomic E-state index is -3.60. The fourth-order valence-corrected chi connectivity index (χ4v) is 4.77. The first-order chi connectivity index (χ1) is 13.8. The van der Waals surface area contributed by atoms with Crippen molar-refractivity contribution in [2.75, 3.05) is 38.1 Å². The van der Waals surface area contributed by atoms with Gasteiger partial charge < -0.3 is 15.0 Å². The lowest BCUT2D eigenvalue weighted by Gasteiger charge is -2.35. The van der Waals surface area contributed by atoms with Crippen molar-refractivity contribution in [3.05, 3.63) is 53.6 Å². The second-order valence-corrected chi connectivity index (χ2v) is 9.09. The molecule has 0 bridgehead atoms. The van der Waals surface area contributed by atoms with Gasteiger partial charge in [-0.25, -0.2) is 8.42 Å². The van der Waals surface area contributed by atoms with Gasteiger partial charge in [-0.1, -0.05) is 17.7 Å². The Morgan fingerprint density at radius 1 is 1.10 bits per heavy atom. The Balaban J connectivity index is 1.64. The van der Waals surface area contributed by atoms with Crippen LogP contribution in [0.4, 0.5) is 5.69 Å². The van der Waals surface area contributed by atoms with Crippen molar-refractivity contribution in [3.8, 4) is 5.75 Å². The molecular weight excluding hydrogens is 414 g/mol. The normalized spacial score (nSPS) is 16.3. The SMILES string of the molecule is CNC(=O)[C@H](C)Oc1ccc(S(=O)(=O)N2CCN(c3cccc(Cl)c3)CC2)cc1. The van der Waals surface area contributed by atoms with Gasteiger partial charge in [0, 0.05) is 43.9 Å². The molecule has 156 valence electrons. The number of piperazine rings is 1. The first-order valence-corrected chi connectivity index (χ1v) is 11.1. The lowest BCUT2D eigenvalue weighted by atomic mass is 10.2. The molecule has 2 aromatic rings. The maximum Gasteiger partial charge on any atom is 0.260 e. The standard InChI is InChI=1S/C20H24ClN3O4S/c1-15(20(25)22-2)28-18-6-8-19(9-7-18)29(26,27)24-12-10-23(11-13-24)17-5-3-4-16(21)14-17/h3-9,14-15H,10-13H2,1-2H3,(H,22,25)/t15-/m0/s1. The summed E-state index contributed by atoms with van der Waals surface area (Å²) >= 11 is 6.05. The Labute approximate surface area is 176 Å². The van der Waals surface area contributed by atoms with Gasteiger partial charge in [0.05, 0.1) is 4.90 Å². The van der Waals surface area contributed by atoms with E-state index in [9.17, 15) is 13.2 Å². The van der Waals surface area contributed by atoms with Gasteiger partial charge in [-0.05, 0) is 49.4 Å². The Bertz CT molecular complexity index is 958. The third-order valence-electron chi connectivity index (χ3n) is 4.80. The van der Waals surface area contributed by atoms with Crippen LogP contribution in [-0.4, -0.2) is 58.0 Å². The van der Waals surface area contributed by atoms with E-state index in [1.54, 1.807) is 19.1 Å². The zero-order valence-electron chi connectivity index (χ0n) is 16.3. The van der Waals surface area contributed by atoms with E-state index < -0.39 is 16.1 Å². The van der Waals surface area contributed by atoms with Gasteiger partial charge in [0.1, 0.15) is 5.75 Å². The first kappa shape index (κ1) is 21.4. The summed E-state index contributed by atoms with van der Waals surface area (Å²) in [6.45, 7) is 3.58. The third kappa shape index (κ3) is 5.01. The number of halogens is 1. The summed E-state index contributed by atoms with van der Waals surface area (Å²) < 4.78 is 32.9. The average molecular weight is 438 g/mol. The van der Waals surface area contributed by atoms with Crippen LogP contribution < -0.4 is 15.0 Å². The van der Waals surface area contributed by atoms with Crippen LogP contribution in [0.3, 0.4) is 0 Å². The van der Waals surface area contributed by atoms with E-state index in [2.05, 4.69) is 10.2 Å². The number of benzene rings is 2. The van der Waals surface area contributed by atoms with E-state index in [-0.39, 0.29) is 10.8 Å². The van der Waals surface area contributed by atoms with Crippen molar-refractivity contribution in [2.45, 2.75) is 17.9 Å². The number of rotatable bonds is 6. The fraction of sp³-hybridized carbons (Fsp3) is 0.350. The van der Waals surface area contributed by atoms with Crippen LogP contribution in [-0.2, 0) is 14.8 Å². The predicted octanol–water partition coefficient (Wildman–Crippen LogP) is 2.36. The van der Waals surface area contributed by atoms with Crippen LogP contribution in [0.2, 0.25) is 5.02 Å². The van der Waals surface area contributed by atoms with E-state index in [0.717, 1.165) is 5.69 Å². The number of amides is 1.